The third-order valence-electron chi connectivity index (χ3n) is 3.13. The second kappa shape index (κ2) is 4.80. The topological polar surface area (TPSA) is 3.24 Å². The third-order valence-corrected chi connectivity index (χ3v) is 3.13. The van der Waals surface area contributed by atoms with Crippen LogP contribution in [0.1, 0.15) is 33.6 Å². The Bertz CT molecular complexity index is 184. The van der Waals surface area contributed by atoms with Gasteiger partial charge in [0.1, 0.15) is 0 Å². The van der Waals surface area contributed by atoms with E-state index in [0.717, 1.165) is 11.8 Å². The molecule has 0 radical (unpaired) electrons. The fraction of sp³-hybridized carbons (Fsp3) is 0.833. The molecular weight excluding hydrogens is 158 g/mol. The minimum absolute atomic E-state index is 0.733. The van der Waals surface area contributed by atoms with E-state index in [1.54, 1.807) is 5.57 Å². The van der Waals surface area contributed by atoms with E-state index in [9.17, 15) is 0 Å². The SMILES string of the molecule is CCC(C)C1=CC(C)CN(C)CC1. The van der Waals surface area contributed by atoms with Gasteiger partial charge in [-0.3, -0.25) is 0 Å². The molecule has 0 N–H and O–H groups in total. The first kappa shape index (κ1) is 10.8. The van der Waals surface area contributed by atoms with Crippen molar-refractivity contribution < 1.29 is 0 Å². The lowest BCUT2D eigenvalue weighted by atomic mass is 9.93. The Hall–Kier alpha value is -0.300. The van der Waals surface area contributed by atoms with Crippen molar-refractivity contribution in [3.05, 3.63) is 11.6 Å². The van der Waals surface area contributed by atoms with Crippen molar-refractivity contribution in [2.75, 3.05) is 20.1 Å². The molecule has 0 saturated heterocycles. The van der Waals surface area contributed by atoms with E-state index >= 15 is 0 Å². The van der Waals surface area contributed by atoms with Crippen molar-refractivity contribution in [3.63, 3.8) is 0 Å². The van der Waals surface area contributed by atoms with E-state index in [0.29, 0.717) is 0 Å². The van der Waals surface area contributed by atoms with Gasteiger partial charge in [0.2, 0.25) is 0 Å². The van der Waals surface area contributed by atoms with Crippen molar-refractivity contribution >= 4 is 0 Å². The van der Waals surface area contributed by atoms with Gasteiger partial charge in [-0.1, -0.05) is 32.4 Å². The Morgan fingerprint density at radius 1 is 1.62 bits per heavy atom. The number of hydrogen-bond acceptors (Lipinski definition) is 1. The summed E-state index contributed by atoms with van der Waals surface area (Å²) in [6.07, 6.45) is 5.05. The monoisotopic (exact) mass is 181 g/mol. The van der Waals surface area contributed by atoms with Gasteiger partial charge in [-0.05, 0) is 31.7 Å². The summed E-state index contributed by atoms with van der Waals surface area (Å²) in [6, 6.07) is 0. The van der Waals surface area contributed by atoms with Crippen LogP contribution in [-0.4, -0.2) is 25.0 Å². The predicted molar refractivity (Wildman–Crippen MR) is 58.8 cm³/mol. The van der Waals surface area contributed by atoms with E-state index in [-0.39, 0.29) is 0 Å². The van der Waals surface area contributed by atoms with Gasteiger partial charge in [0.15, 0.2) is 0 Å². The standard InChI is InChI=1S/C12H23N/c1-5-11(3)12-6-7-13(4)9-10(2)8-12/h8,10-11H,5-7,9H2,1-4H3. The van der Waals surface area contributed by atoms with Crippen LogP contribution in [0.3, 0.4) is 0 Å². The minimum Gasteiger partial charge on any atom is -0.305 e. The molecule has 0 aromatic rings. The minimum atomic E-state index is 0.733. The molecule has 0 aromatic heterocycles. The first-order chi connectivity index (χ1) is 6.13. The van der Waals surface area contributed by atoms with Gasteiger partial charge in [0.05, 0.1) is 0 Å². The molecule has 0 fully saturated rings. The second-order valence-corrected chi connectivity index (χ2v) is 4.54. The quantitative estimate of drug-likeness (QED) is 0.592. The summed E-state index contributed by atoms with van der Waals surface area (Å²) in [5.41, 5.74) is 1.68. The molecule has 0 aliphatic carbocycles. The van der Waals surface area contributed by atoms with Crippen LogP contribution in [0.2, 0.25) is 0 Å². The van der Waals surface area contributed by atoms with Crippen molar-refractivity contribution in [1.82, 2.24) is 4.90 Å². The third kappa shape index (κ3) is 3.15. The van der Waals surface area contributed by atoms with Crippen LogP contribution in [0.5, 0.6) is 0 Å². The second-order valence-electron chi connectivity index (χ2n) is 4.54. The van der Waals surface area contributed by atoms with Crippen molar-refractivity contribution in [2.45, 2.75) is 33.6 Å². The molecule has 1 heterocycles. The highest BCUT2D eigenvalue weighted by Gasteiger charge is 2.14. The van der Waals surface area contributed by atoms with Crippen LogP contribution in [0.25, 0.3) is 0 Å². The molecule has 0 aromatic carbocycles. The molecule has 2 atom stereocenters. The summed E-state index contributed by atoms with van der Waals surface area (Å²) in [4.78, 5) is 2.44. The van der Waals surface area contributed by atoms with Crippen LogP contribution in [0, 0.1) is 11.8 Å². The van der Waals surface area contributed by atoms with Gasteiger partial charge >= 0.3 is 0 Å². The van der Waals surface area contributed by atoms with Crippen molar-refractivity contribution in [2.24, 2.45) is 11.8 Å². The number of rotatable bonds is 2. The molecule has 1 aliphatic heterocycles. The summed E-state index contributed by atoms with van der Waals surface area (Å²) in [6.45, 7) is 9.42. The van der Waals surface area contributed by atoms with Gasteiger partial charge in [-0.25, -0.2) is 0 Å². The Morgan fingerprint density at radius 3 is 2.92 bits per heavy atom. The smallest absolute Gasteiger partial charge is 0.00388 e. The maximum atomic E-state index is 2.50. The highest BCUT2D eigenvalue weighted by molar-refractivity contribution is 5.09. The Labute approximate surface area is 82.8 Å². The van der Waals surface area contributed by atoms with Gasteiger partial charge in [0, 0.05) is 13.1 Å². The summed E-state index contributed by atoms with van der Waals surface area (Å²) in [5, 5.41) is 0. The molecular formula is C12H23N. The van der Waals surface area contributed by atoms with Gasteiger partial charge in [0.25, 0.3) is 0 Å². The normalized spacial score (nSPS) is 28.0. The maximum absolute atomic E-state index is 2.50. The van der Waals surface area contributed by atoms with E-state index in [1.165, 1.54) is 25.9 Å². The lowest BCUT2D eigenvalue weighted by Gasteiger charge is -2.15. The average Bonchev–Trinajstić information content (AvgIpc) is 2.25. The molecule has 1 aliphatic rings. The zero-order valence-corrected chi connectivity index (χ0v) is 9.51. The molecule has 13 heavy (non-hydrogen) atoms. The maximum Gasteiger partial charge on any atom is 0.00388 e. The van der Waals surface area contributed by atoms with Crippen molar-refractivity contribution in [1.29, 1.82) is 0 Å². The molecule has 76 valence electrons. The van der Waals surface area contributed by atoms with Gasteiger partial charge in [-0.15, -0.1) is 0 Å². The molecule has 0 spiro atoms. The largest absolute Gasteiger partial charge is 0.305 e. The van der Waals surface area contributed by atoms with E-state index in [4.69, 9.17) is 0 Å². The fourth-order valence-corrected chi connectivity index (χ4v) is 2.08. The highest BCUT2D eigenvalue weighted by Crippen LogP contribution is 2.23. The lowest BCUT2D eigenvalue weighted by molar-refractivity contribution is 0.320. The molecule has 2 unspecified atom stereocenters. The lowest BCUT2D eigenvalue weighted by Crippen LogP contribution is -2.22. The molecule has 0 saturated carbocycles. The fourth-order valence-electron chi connectivity index (χ4n) is 2.08. The van der Waals surface area contributed by atoms with Gasteiger partial charge in [-0.2, -0.15) is 0 Å². The summed E-state index contributed by atoms with van der Waals surface area (Å²) in [7, 11) is 2.23. The van der Waals surface area contributed by atoms with Crippen LogP contribution in [0.15, 0.2) is 11.6 Å². The Morgan fingerprint density at radius 2 is 2.31 bits per heavy atom. The Kier molecular flexibility index (Phi) is 3.98. The predicted octanol–water partition coefficient (Wildman–Crippen LogP) is 2.93. The molecule has 1 rings (SSSR count). The molecule has 0 amide bonds. The molecule has 1 heteroatoms. The van der Waals surface area contributed by atoms with Crippen molar-refractivity contribution in [3.8, 4) is 0 Å². The van der Waals surface area contributed by atoms with Crippen LogP contribution >= 0.6 is 0 Å². The van der Waals surface area contributed by atoms with Crippen LogP contribution in [0.4, 0.5) is 0 Å². The number of hydrogen-bond donors (Lipinski definition) is 0. The first-order valence-corrected chi connectivity index (χ1v) is 5.52. The Balaban J connectivity index is 2.62. The number of nitrogens with zero attached hydrogens (tertiary/aromatic N) is 1. The average molecular weight is 181 g/mol. The molecule has 0 bridgehead atoms. The summed E-state index contributed by atoms with van der Waals surface area (Å²) >= 11 is 0. The van der Waals surface area contributed by atoms with E-state index < -0.39 is 0 Å². The zero-order valence-electron chi connectivity index (χ0n) is 9.51. The van der Waals surface area contributed by atoms with Crippen LogP contribution < -0.4 is 0 Å². The van der Waals surface area contributed by atoms with Gasteiger partial charge < -0.3 is 4.90 Å². The van der Waals surface area contributed by atoms with E-state index in [1.807, 2.05) is 0 Å². The van der Waals surface area contributed by atoms with Crippen LogP contribution in [-0.2, 0) is 0 Å². The summed E-state index contributed by atoms with van der Waals surface area (Å²) < 4.78 is 0. The first-order valence-electron chi connectivity index (χ1n) is 5.52. The van der Waals surface area contributed by atoms with E-state index in [2.05, 4.69) is 38.8 Å². The highest BCUT2D eigenvalue weighted by atomic mass is 15.1. The molecule has 1 nitrogen and oxygen atoms in total. The zero-order chi connectivity index (χ0) is 9.84. The summed E-state index contributed by atoms with van der Waals surface area (Å²) in [5.74, 6) is 1.52.